The zero-order chi connectivity index (χ0) is 83.7. The van der Waals surface area contributed by atoms with Gasteiger partial charge in [0.1, 0.15) is 0 Å². The van der Waals surface area contributed by atoms with Crippen molar-refractivity contribution in [2.45, 2.75) is 83.1 Å². The summed E-state index contributed by atoms with van der Waals surface area (Å²) in [5.74, 6) is 0. The third-order valence-electron chi connectivity index (χ3n) is 21.7. The van der Waals surface area contributed by atoms with Crippen LogP contribution in [0.25, 0.3) is 134 Å². The van der Waals surface area contributed by atoms with Crippen LogP contribution in [0.4, 0.5) is 0 Å². The van der Waals surface area contributed by atoms with Crippen molar-refractivity contribution in [1.82, 2.24) is 0 Å². The maximum Gasteiger partial charge on any atom is -0.0155 e. The summed E-state index contributed by atoms with van der Waals surface area (Å²) >= 11 is 0. The molecule has 0 fully saturated rings. The van der Waals surface area contributed by atoms with E-state index in [4.69, 9.17) is 0 Å². The first-order chi connectivity index (χ1) is 58.4. The van der Waals surface area contributed by atoms with Gasteiger partial charge in [-0.1, -0.05) is 474 Å². The lowest BCUT2D eigenvalue weighted by molar-refractivity contribution is 1.45. The summed E-state index contributed by atoms with van der Waals surface area (Å²) < 4.78 is 0. The van der Waals surface area contributed by atoms with Gasteiger partial charge >= 0.3 is 0 Å². The molecular weight excluding hydrogens is 1440 g/mol. The predicted molar refractivity (Wildman–Crippen MR) is 521 cm³/mol. The van der Waals surface area contributed by atoms with Crippen molar-refractivity contribution >= 4 is 0 Å². The van der Waals surface area contributed by atoms with Gasteiger partial charge < -0.3 is 0 Å². The Balaban J connectivity index is 0.000000124. The molecule has 0 atom stereocenters. The number of hydrogen-bond acceptors (Lipinski definition) is 0. The summed E-state index contributed by atoms with van der Waals surface area (Å²) in [5.41, 5.74) is 46.2. The molecule has 0 heterocycles. The summed E-state index contributed by atoms with van der Waals surface area (Å²) in [4.78, 5) is 0. The Morgan fingerprint density at radius 3 is 0.467 bits per heavy atom. The van der Waals surface area contributed by atoms with Crippen LogP contribution in [-0.2, 0) is 0 Å². The standard InChI is InChI=1S/6C20H18/c1-15-6-3-8-17(12-15)19-10-5-11-20(14-19)18-9-4-7-16(2)13-18;1-15-5-3-7-19(13-15)17-9-11-18(12-10-17)20-8-4-6-16(2)14-20;1-15-9-11-17(12-10-15)19-7-4-8-20(14-19)18-6-3-5-16(2)13-18;1-15-7-5-9-17(13-15)18-10-6-11-19(14-18)20-12-4-3-8-16(20)2;1-15-6-5-8-19(14-15)17-10-12-18(13-11-17)20-9-4-3-7-16(20)2;1-15-6-8-17(9-7-15)18-10-12-19(13-11-18)20-5-3-4-16(2)14-20/h6*3-14H,1-2H3. The van der Waals surface area contributed by atoms with Gasteiger partial charge in [0.05, 0.1) is 0 Å². The molecule has 0 aromatic heterocycles. The summed E-state index contributed by atoms with van der Waals surface area (Å²) in [5, 5.41) is 0. The van der Waals surface area contributed by atoms with Crippen LogP contribution in [0.2, 0.25) is 0 Å². The van der Waals surface area contributed by atoms with Crippen LogP contribution in [-0.4, -0.2) is 0 Å². The maximum absolute atomic E-state index is 2.27. The van der Waals surface area contributed by atoms with Gasteiger partial charge in [-0.05, 0) is 246 Å². The van der Waals surface area contributed by atoms with E-state index in [0.717, 1.165) is 0 Å². The Labute approximate surface area is 715 Å². The van der Waals surface area contributed by atoms with Gasteiger partial charge in [0.25, 0.3) is 0 Å². The number of aryl methyl sites for hydroxylation is 12. The zero-order valence-electron chi connectivity index (χ0n) is 71.6. The van der Waals surface area contributed by atoms with E-state index >= 15 is 0 Å². The average Bonchev–Trinajstić information content (AvgIpc) is 0.843. The highest BCUT2D eigenvalue weighted by atomic mass is 14.1. The fourth-order valence-electron chi connectivity index (χ4n) is 15.1. The van der Waals surface area contributed by atoms with Crippen LogP contribution < -0.4 is 0 Å². The third kappa shape index (κ3) is 23.6. The highest BCUT2D eigenvalue weighted by molar-refractivity contribution is 5.79. The second-order valence-electron chi connectivity index (χ2n) is 31.8. The normalized spacial score (nSPS) is 10.5. The fraction of sp³-hybridized carbons (Fsp3) is 0.100. The number of benzene rings is 18. The first kappa shape index (κ1) is 83.9. The van der Waals surface area contributed by atoms with Crippen molar-refractivity contribution in [1.29, 1.82) is 0 Å². The molecule has 18 aromatic rings. The second kappa shape index (κ2) is 41.2. The quantitative estimate of drug-likeness (QED) is 0.114. The molecule has 0 aliphatic carbocycles. The van der Waals surface area contributed by atoms with Crippen LogP contribution in [0.5, 0.6) is 0 Å². The number of rotatable bonds is 12. The average molecular weight is 1550 g/mol. The van der Waals surface area contributed by atoms with Gasteiger partial charge in [-0.15, -0.1) is 0 Å². The minimum Gasteiger partial charge on any atom is -0.0620 e. The van der Waals surface area contributed by atoms with Gasteiger partial charge in [-0.25, -0.2) is 0 Å². The topological polar surface area (TPSA) is 0 Å². The molecule has 0 amide bonds. The molecule has 0 radical (unpaired) electrons. The Morgan fingerprint density at radius 1 is 0.0917 bits per heavy atom. The Hall–Kier alpha value is -14.0. The lowest BCUT2D eigenvalue weighted by Crippen LogP contribution is -1.84. The minimum atomic E-state index is 1.27. The van der Waals surface area contributed by atoms with E-state index in [0.29, 0.717) is 0 Å². The smallest absolute Gasteiger partial charge is 0.0155 e. The van der Waals surface area contributed by atoms with E-state index < -0.39 is 0 Å². The molecule has 0 saturated carbocycles. The minimum absolute atomic E-state index is 1.27. The van der Waals surface area contributed by atoms with Crippen LogP contribution in [0.15, 0.2) is 437 Å². The van der Waals surface area contributed by atoms with Crippen LogP contribution in [0.1, 0.15) is 66.8 Å². The monoisotopic (exact) mass is 1550 g/mol. The van der Waals surface area contributed by atoms with Crippen molar-refractivity contribution in [3.8, 4) is 134 Å². The molecule has 18 aromatic carbocycles. The van der Waals surface area contributed by atoms with E-state index in [1.165, 1.54) is 200 Å². The highest BCUT2D eigenvalue weighted by Crippen LogP contribution is 2.35. The summed E-state index contributed by atoms with van der Waals surface area (Å²) in [6.45, 7) is 25.6. The summed E-state index contributed by atoms with van der Waals surface area (Å²) in [7, 11) is 0. The summed E-state index contributed by atoms with van der Waals surface area (Å²) in [6.07, 6.45) is 0. The van der Waals surface area contributed by atoms with Gasteiger partial charge in [0.2, 0.25) is 0 Å². The van der Waals surface area contributed by atoms with E-state index in [1.54, 1.807) is 0 Å². The van der Waals surface area contributed by atoms with E-state index in [9.17, 15) is 0 Å². The Bertz CT molecular complexity index is 6240. The molecule has 588 valence electrons. The highest BCUT2D eigenvalue weighted by Gasteiger charge is 2.10. The fourth-order valence-corrected chi connectivity index (χ4v) is 15.1. The van der Waals surface area contributed by atoms with Gasteiger partial charge in [-0.3, -0.25) is 0 Å². The first-order valence-electron chi connectivity index (χ1n) is 41.8. The van der Waals surface area contributed by atoms with Gasteiger partial charge in [0, 0.05) is 0 Å². The van der Waals surface area contributed by atoms with Crippen molar-refractivity contribution in [3.05, 3.63) is 504 Å². The van der Waals surface area contributed by atoms with Crippen molar-refractivity contribution in [2.75, 3.05) is 0 Å². The maximum atomic E-state index is 2.27. The molecule has 0 saturated heterocycles. The molecule has 0 heteroatoms. The molecule has 0 N–H and O–H groups in total. The third-order valence-corrected chi connectivity index (χ3v) is 21.7. The van der Waals surface area contributed by atoms with Crippen molar-refractivity contribution < 1.29 is 0 Å². The Kier molecular flexibility index (Phi) is 28.8. The lowest BCUT2D eigenvalue weighted by Gasteiger charge is -2.09. The predicted octanol–water partition coefficient (Wildman–Crippen LogP) is 33.8. The van der Waals surface area contributed by atoms with Gasteiger partial charge in [0.15, 0.2) is 0 Å². The molecule has 0 bridgehead atoms. The van der Waals surface area contributed by atoms with Crippen molar-refractivity contribution in [3.63, 3.8) is 0 Å². The van der Waals surface area contributed by atoms with Crippen LogP contribution in [0, 0.1) is 83.1 Å². The summed E-state index contributed by atoms with van der Waals surface area (Å²) in [6, 6.07) is 156. The molecule has 0 unspecified atom stereocenters. The molecule has 0 aliphatic rings. The van der Waals surface area contributed by atoms with Crippen LogP contribution >= 0.6 is 0 Å². The van der Waals surface area contributed by atoms with E-state index in [1.807, 2.05) is 0 Å². The Morgan fingerprint density at radius 2 is 0.242 bits per heavy atom. The molecule has 0 nitrogen and oxygen atoms in total. The molecule has 0 spiro atoms. The van der Waals surface area contributed by atoms with Crippen molar-refractivity contribution in [2.24, 2.45) is 0 Å². The molecule has 18 rings (SSSR count). The molecule has 0 aliphatic heterocycles. The number of hydrogen-bond donors (Lipinski definition) is 0. The second-order valence-corrected chi connectivity index (χ2v) is 31.8. The van der Waals surface area contributed by atoms with E-state index in [-0.39, 0.29) is 0 Å². The van der Waals surface area contributed by atoms with Gasteiger partial charge in [-0.2, -0.15) is 0 Å². The van der Waals surface area contributed by atoms with E-state index in [2.05, 4.69) is 520 Å². The largest absolute Gasteiger partial charge is 0.0620 e. The molecular formula is C120H108. The zero-order valence-corrected chi connectivity index (χ0v) is 71.6. The van der Waals surface area contributed by atoms with Crippen LogP contribution in [0.3, 0.4) is 0 Å². The molecule has 120 heavy (non-hydrogen) atoms. The SMILES string of the molecule is Cc1ccc(-c2ccc(-c3cccc(C)c3)cc2)cc1.Cc1ccc(-c2cccc(-c3cccc(C)c3)c2)cc1.Cc1cccc(-c2ccc(-c3cccc(C)c3)cc2)c1.Cc1cccc(-c2ccc(-c3ccccc3C)cc2)c1.Cc1cccc(-c2cccc(-c3cccc(C)c3)c2)c1.Cc1cccc(-c2cccc(-c3ccccc3C)c2)c1. The lowest BCUT2D eigenvalue weighted by atomic mass is 9.96. The first-order valence-corrected chi connectivity index (χ1v) is 41.8.